The Bertz CT molecular complexity index is 831. The summed E-state index contributed by atoms with van der Waals surface area (Å²) in [7, 11) is -3.51. The Hall–Kier alpha value is -1.03. The van der Waals surface area contributed by atoms with Crippen LogP contribution in [0.3, 0.4) is 0 Å². The number of nitrogens with zero attached hydrogens (tertiary/aromatic N) is 1. The smallest absolute Gasteiger partial charge is 0.266 e. The van der Waals surface area contributed by atoms with Gasteiger partial charge in [0.1, 0.15) is 0 Å². The first-order valence-corrected chi connectivity index (χ1v) is 11.1. The minimum Gasteiger partial charge on any atom is -0.478 e. The maximum absolute atomic E-state index is 10.7. The number of pyridine rings is 1. The molecule has 1 heterocycles. The lowest BCUT2D eigenvalue weighted by Crippen LogP contribution is -2.22. The summed E-state index contributed by atoms with van der Waals surface area (Å²) in [5, 5.41) is 4.86. The van der Waals surface area contributed by atoms with Crippen LogP contribution in [0.5, 0.6) is 5.88 Å². The Morgan fingerprint density at radius 3 is 2.81 bits per heavy atom. The van der Waals surface area contributed by atoms with Gasteiger partial charge in [0.2, 0.25) is 5.88 Å². The van der Waals surface area contributed by atoms with Crippen LogP contribution in [0.1, 0.15) is 24.8 Å². The maximum Gasteiger partial charge on any atom is 0.266 e. The van der Waals surface area contributed by atoms with Gasteiger partial charge in [0, 0.05) is 34.2 Å². The molecular weight excluding hydrogens is 396 g/mol. The molecule has 1 aromatic heterocycles. The molecular formula is C17H23ClN2O4S2. The Morgan fingerprint density at radius 2 is 2.04 bits per heavy atom. The van der Waals surface area contributed by atoms with Crippen molar-refractivity contribution in [3.8, 4) is 5.88 Å². The van der Waals surface area contributed by atoms with Crippen molar-refractivity contribution in [1.29, 1.82) is 0 Å². The Labute approximate surface area is 163 Å². The fourth-order valence-corrected chi connectivity index (χ4v) is 3.13. The highest BCUT2D eigenvalue weighted by Gasteiger charge is 2.04. The van der Waals surface area contributed by atoms with Crippen LogP contribution in [0.2, 0.25) is 5.02 Å². The number of aryl methyl sites for hydroxylation is 1. The Balaban J connectivity index is 1.62. The Kier molecular flexibility index (Phi) is 8.46. The summed E-state index contributed by atoms with van der Waals surface area (Å²) in [6.07, 6.45) is 2.91. The number of fused-ring (bicyclic) bond motifs is 1. The molecule has 0 radical (unpaired) electrons. The first-order chi connectivity index (χ1) is 12.3. The molecule has 1 atom stereocenters. The first-order valence-electron chi connectivity index (χ1n) is 8.37. The van der Waals surface area contributed by atoms with E-state index in [-0.39, 0.29) is 6.61 Å². The van der Waals surface area contributed by atoms with Crippen LogP contribution >= 0.6 is 11.6 Å². The lowest BCUT2D eigenvalue weighted by atomic mass is 10.1. The highest BCUT2D eigenvalue weighted by molar-refractivity contribution is 8.27. The van der Waals surface area contributed by atoms with E-state index in [1.165, 1.54) is 0 Å². The van der Waals surface area contributed by atoms with E-state index >= 15 is 0 Å². The molecule has 2 aromatic rings. The van der Waals surface area contributed by atoms with Gasteiger partial charge in [0.15, 0.2) is 0 Å². The SMILES string of the molecule is Cc1cc(OCCCCCNCCOS(=O)(O)=S)nc2ccc(Cl)cc12. The molecule has 0 amide bonds. The predicted molar refractivity (Wildman–Crippen MR) is 108 cm³/mol. The minimum atomic E-state index is -3.51. The number of aromatic nitrogens is 1. The molecule has 0 bridgehead atoms. The molecule has 9 heteroatoms. The molecule has 0 saturated carbocycles. The first kappa shape index (κ1) is 21.3. The van der Waals surface area contributed by atoms with Gasteiger partial charge in [-0.3, -0.25) is 8.74 Å². The van der Waals surface area contributed by atoms with Crippen LogP contribution in [0.25, 0.3) is 10.9 Å². The quantitative estimate of drug-likeness (QED) is 0.540. The largest absolute Gasteiger partial charge is 0.478 e. The molecule has 0 spiro atoms. The van der Waals surface area contributed by atoms with Crippen molar-refractivity contribution in [2.75, 3.05) is 26.3 Å². The van der Waals surface area contributed by atoms with Gasteiger partial charge in [-0.1, -0.05) is 11.6 Å². The zero-order valence-corrected chi connectivity index (χ0v) is 17.0. The molecule has 0 aliphatic heterocycles. The molecule has 2 rings (SSSR count). The van der Waals surface area contributed by atoms with Gasteiger partial charge in [-0.25, -0.2) is 4.98 Å². The third kappa shape index (κ3) is 7.69. The second-order valence-corrected chi connectivity index (χ2v) is 8.64. The average Bonchev–Trinajstić information content (AvgIpc) is 2.56. The number of rotatable bonds is 11. The van der Waals surface area contributed by atoms with E-state index in [4.69, 9.17) is 20.9 Å². The van der Waals surface area contributed by atoms with Gasteiger partial charge in [0.05, 0.1) is 18.7 Å². The van der Waals surface area contributed by atoms with Crippen LogP contribution in [0.4, 0.5) is 0 Å². The number of hydrogen-bond donors (Lipinski definition) is 2. The van der Waals surface area contributed by atoms with Gasteiger partial charge in [0.25, 0.3) is 9.05 Å². The molecule has 26 heavy (non-hydrogen) atoms. The summed E-state index contributed by atoms with van der Waals surface area (Å²) in [6, 6.07) is 7.56. The summed E-state index contributed by atoms with van der Waals surface area (Å²) < 4.78 is 29.8. The van der Waals surface area contributed by atoms with Crippen LogP contribution in [-0.4, -0.2) is 40.0 Å². The molecule has 1 aromatic carbocycles. The van der Waals surface area contributed by atoms with E-state index in [1.807, 2.05) is 31.2 Å². The molecule has 0 saturated heterocycles. The van der Waals surface area contributed by atoms with E-state index in [2.05, 4.69) is 25.7 Å². The average molecular weight is 419 g/mol. The minimum absolute atomic E-state index is 0.125. The summed E-state index contributed by atoms with van der Waals surface area (Å²) in [6.45, 7) is 4.05. The standard InChI is InChI=1S/C17H23ClN2O4S2/c1-13-11-17(20-16-6-5-14(18)12-15(13)16)23-9-4-2-3-7-19-8-10-24-26(21,22)25/h5-6,11-12,19H,2-4,7-10H2,1H3,(H,21,22,25). The van der Waals surface area contributed by atoms with Crippen molar-refractivity contribution in [3.05, 3.63) is 34.9 Å². The summed E-state index contributed by atoms with van der Waals surface area (Å²) in [4.78, 5) is 4.51. The fourth-order valence-electron chi connectivity index (χ4n) is 2.46. The van der Waals surface area contributed by atoms with Crippen molar-refractivity contribution in [2.45, 2.75) is 26.2 Å². The summed E-state index contributed by atoms with van der Waals surface area (Å²) in [5.41, 5.74) is 1.96. The van der Waals surface area contributed by atoms with Gasteiger partial charge >= 0.3 is 0 Å². The van der Waals surface area contributed by atoms with E-state index in [0.29, 0.717) is 24.1 Å². The number of benzene rings is 1. The van der Waals surface area contributed by atoms with E-state index in [0.717, 1.165) is 42.3 Å². The fraction of sp³-hybridized carbons (Fsp3) is 0.471. The number of ether oxygens (including phenoxy) is 1. The predicted octanol–water partition coefficient (Wildman–Crippen LogP) is 3.49. The molecule has 2 N–H and O–H groups in total. The van der Waals surface area contributed by atoms with E-state index < -0.39 is 9.05 Å². The number of hydrogen-bond acceptors (Lipinski definition) is 6. The highest BCUT2D eigenvalue weighted by atomic mass is 35.5. The molecule has 144 valence electrons. The van der Waals surface area contributed by atoms with Crippen LogP contribution in [0, 0.1) is 6.92 Å². The third-order valence-electron chi connectivity index (χ3n) is 3.71. The molecule has 6 nitrogen and oxygen atoms in total. The summed E-state index contributed by atoms with van der Waals surface area (Å²) in [5.74, 6) is 0.629. The van der Waals surface area contributed by atoms with Gasteiger partial charge < -0.3 is 10.1 Å². The lowest BCUT2D eigenvalue weighted by molar-refractivity contribution is 0.291. The second-order valence-electron chi connectivity index (χ2n) is 5.85. The molecule has 1 unspecified atom stereocenters. The monoisotopic (exact) mass is 418 g/mol. The zero-order valence-electron chi connectivity index (χ0n) is 14.6. The Morgan fingerprint density at radius 1 is 1.23 bits per heavy atom. The van der Waals surface area contributed by atoms with Gasteiger partial charge in [-0.2, -0.15) is 4.21 Å². The molecule has 0 aliphatic carbocycles. The van der Waals surface area contributed by atoms with Crippen molar-refractivity contribution >= 4 is 42.7 Å². The van der Waals surface area contributed by atoms with Crippen LogP contribution in [0.15, 0.2) is 24.3 Å². The van der Waals surface area contributed by atoms with E-state index in [1.54, 1.807) is 0 Å². The summed E-state index contributed by atoms with van der Waals surface area (Å²) >= 11 is 10.2. The zero-order chi connectivity index (χ0) is 19.0. The van der Waals surface area contributed by atoms with Crippen LogP contribution < -0.4 is 10.1 Å². The normalized spacial score (nSPS) is 13.7. The maximum atomic E-state index is 10.7. The second kappa shape index (κ2) is 10.3. The number of halogens is 1. The highest BCUT2D eigenvalue weighted by Crippen LogP contribution is 2.24. The number of nitrogens with one attached hydrogen (secondary N) is 1. The van der Waals surface area contributed by atoms with Crippen molar-refractivity contribution < 1.29 is 17.7 Å². The van der Waals surface area contributed by atoms with Crippen molar-refractivity contribution in [3.63, 3.8) is 0 Å². The lowest BCUT2D eigenvalue weighted by Gasteiger charge is -2.09. The van der Waals surface area contributed by atoms with Gasteiger partial charge in [-0.05, 0) is 56.5 Å². The van der Waals surface area contributed by atoms with E-state index in [9.17, 15) is 4.21 Å². The van der Waals surface area contributed by atoms with Crippen molar-refractivity contribution in [2.24, 2.45) is 0 Å². The molecule has 0 aliphatic rings. The topological polar surface area (TPSA) is 80.7 Å². The van der Waals surface area contributed by atoms with Crippen molar-refractivity contribution in [1.82, 2.24) is 10.3 Å². The molecule has 0 fully saturated rings. The third-order valence-corrected chi connectivity index (χ3v) is 4.70. The van der Waals surface area contributed by atoms with Gasteiger partial charge in [-0.15, -0.1) is 0 Å². The van der Waals surface area contributed by atoms with Crippen LogP contribution in [-0.2, 0) is 24.4 Å². The number of unbranched alkanes of at least 4 members (excludes halogenated alkanes) is 2.